The van der Waals surface area contributed by atoms with E-state index in [1.54, 1.807) is 0 Å². The topological polar surface area (TPSA) is 23.8 Å². The van der Waals surface area contributed by atoms with Crippen LogP contribution in [0.2, 0.25) is 0 Å². The Balaban J connectivity index is 2.50. The molecule has 3 rings (SSSR count). The summed E-state index contributed by atoms with van der Waals surface area (Å²) < 4.78 is 0. The van der Waals surface area contributed by atoms with E-state index < -0.39 is 0 Å². The summed E-state index contributed by atoms with van der Waals surface area (Å²) in [6, 6.07) is 15.1. The third-order valence-corrected chi connectivity index (χ3v) is 3.79. The summed E-state index contributed by atoms with van der Waals surface area (Å²) in [6.45, 7) is 4.32. The van der Waals surface area contributed by atoms with E-state index in [-0.39, 0.29) is 11.3 Å². The molecule has 0 spiro atoms. The van der Waals surface area contributed by atoms with Gasteiger partial charge in [0.1, 0.15) is 0 Å². The summed E-state index contributed by atoms with van der Waals surface area (Å²) in [5.41, 5.74) is 2.44. The molecule has 0 saturated carbocycles. The molecular formula is C15H13N. The lowest BCUT2D eigenvalue weighted by Crippen LogP contribution is -2.20. The van der Waals surface area contributed by atoms with Crippen molar-refractivity contribution in [3.8, 4) is 6.07 Å². The third kappa shape index (κ3) is 0.945. The SMILES string of the molecule is CC1(C)c2cccc3cccc(c23)[C@@H]1C#N. The van der Waals surface area contributed by atoms with E-state index in [2.05, 4.69) is 50.2 Å². The van der Waals surface area contributed by atoms with Gasteiger partial charge in [-0.1, -0.05) is 50.2 Å². The van der Waals surface area contributed by atoms with Crippen LogP contribution in [0.1, 0.15) is 30.9 Å². The van der Waals surface area contributed by atoms with Gasteiger partial charge >= 0.3 is 0 Å². The molecule has 0 heterocycles. The van der Waals surface area contributed by atoms with Crippen molar-refractivity contribution in [2.24, 2.45) is 0 Å². The van der Waals surface area contributed by atoms with Crippen LogP contribution in [0.15, 0.2) is 36.4 Å². The maximum absolute atomic E-state index is 9.38. The van der Waals surface area contributed by atoms with Gasteiger partial charge in [0.25, 0.3) is 0 Å². The molecule has 1 aliphatic carbocycles. The standard InChI is InChI=1S/C15H13N/c1-15(2)12-8-4-6-10-5-3-7-11(14(10)12)13(15)9-16/h3-8,13H,1-2H3/t13-/m0/s1. The Morgan fingerprint density at radius 2 is 1.81 bits per heavy atom. The van der Waals surface area contributed by atoms with Crippen molar-refractivity contribution in [3.05, 3.63) is 47.5 Å². The molecule has 1 heteroatoms. The predicted molar refractivity (Wildman–Crippen MR) is 65.3 cm³/mol. The Bertz CT molecular complexity index is 612. The van der Waals surface area contributed by atoms with E-state index >= 15 is 0 Å². The first kappa shape index (κ1) is 9.42. The van der Waals surface area contributed by atoms with Gasteiger partial charge in [-0.2, -0.15) is 5.26 Å². The molecule has 78 valence electrons. The molecule has 16 heavy (non-hydrogen) atoms. The van der Waals surface area contributed by atoms with Crippen molar-refractivity contribution in [1.82, 2.24) is 0 Å². The second-order valence-corrected chi connectivity index (χ2v) is 5.03. The van der Waals surface area contributed by atoms with Crippen LogP contribution in [0.25, 0.3) is 10.8 Å². The fourth-order valence-electron chi connectivity index (χ4n) is 2.92. The van der Waals surface area contributed by atoms with Crippen molar-refractivity contribution in [2.75, 3.05) is 0 Å². The van der Waals surface area contributed by atoms with Gasteiger partial charge in [-0.3, -0.25) is 0 Å². The zero-order valence-corrected chi connectivity index (χ0v) is 9.49. The van der Waals surface area contributed by atoms with Crippen LogP contribution in [0.5, 0.6) is 0 Å². The van der Waals surface area contributed by atoms with Crippen LogP contribution >= 0.6 is 0 Å². The number of rotatable bonds is 0. The zero-order chi connectivity index (χ0) is 11.3. The highest BCUT2D eigenvalue weighted by molar-refractivity contribution is 5.93. The van der Waals surface area contributed by atoms with Crippen LogP contribution in [0, 0.1) is 11.3 Å². The number of nitrogens with zero attached hydrogens (tertiary/aromatic N) is 1. The molecular weight excluding hydrogens is 194 g/mol. The second kappa shape index (κ2) is 2.86. The van der Waals surface area contributed by atoms with E-state index in [0.29, 0.717) is 0 Å². The van der Waals surface area contributed by atoms with Gasteiger partial charge in [-0.15, -0.1) is 0 Å². The molecule has 0 fully saturated rings. The minimum Gasteiger partial charge on any atom is -0.198 e. The van der Waals surface area contributed by atoms with Gasteiger partial charge in [0.05, 0.1) is 12.0 Å². The molecule has 2 aromatic rings. The summed E-state index contributed by atoms with van der Waals surface area (Å²) in [4.78, 5) is 0. The van der Waals surface area contributed by atoms with Crippen molar-refractivity contribution in [3.63, 3.8) is 0 Å². The zero-order valence-electron chi connectivity index (χ0n) is 9.49. The Kier molecular flexibility index (Phi) is 1.68. The highest BCUT2D eigenvalue weighted by Crippen LogP contribution is 2.49. The van der Waals surface area contributed by atoms with Crippen LogP contribution < -0.4 is 0 Å². The van der Waals surface area contributed by atoms with Gasteiger partial charge < -0.3 is 0 Å². The number of hydrogen-bond acceptors (Lipinski definition) is 1. The highest BCUT2D eigenvalue weighted by atomic mass is 14.4. The normalized spacial score (nSPS) is 20.9. The van der Waals surface area contributed by atoms with E-state index in [4.69, 9.17) is 0 Å². The van der Waals surface area contributed by atoms with Gasteiger partial charge in [0.15, 0.2) is 0 Å². The number of hydrogen-bond donors (Lipinski definition) is 0. The first-order chi connectivity index (χ1) is 7.66. The average molecular weight is 207 g/mol. The lowest BCUT2D eigenvalue weighted by atomic mass is 9.78. The predicted octanol–water partition coefficient (Wildman–Crippen LogP) is 3.74. The van der Waals surface area contributed by atoms with Crippen LogP contribution in [-0.2, 0) is 5.41 Å². The summed E-state index contributed by atoms with van der Waals surface area (Å²) in [6.07, 6.45) is 0. The van der Waals surface area contributed by atoms with Crippen molar-refractivity contribution < 1.29 is 0 Å². The van der Waals surface area contributed by atoms with Crippen molar-refractivity contribution in [1.29, 1.82) is 5.26 Å². The monoisotopic (exact) mass is 207 g/mol. The van der Waals surface area contributed by atoms with Gasteiger partial charge in [-0.05, 0) is 21.9 Å². The number of benzene rings is 2. The molecule has 0 bridgehead atoms. The summed E-state index contributed by atoms with van der Waals surface area (Å²) >= 11 is 0. The molecule has 0 saturated heterocycles. The largest absolute Gasteiger partial charge is 0.198 e. The van der Waals surface area contributed by atoms with E-state index in [1.165, 1.54) is 21.9 Å². The lowest BCUT2D eigenvalue weighted by molar-refractivity contribution is 0.500. The Hall–Kier alpha value is -1.81. The Labute approximate surface area is 95.3 Å². The van der Waals surface area contributed by atoms with Crippen LogP contribution in [-0.4, -0.2) is 0 Å². The van der Waals surface area contributed by atoms with E-state index in [0.717, 1.165) is 0 Å². The molecule has 0 amide bonds. The molecule has 1 atom stereocenters. The maximum Gasteiger partial charge on any atom is 0.0810 e. The summed E-state index contributed by atoms with van der Waals surface area (Å²) in [7, 11) is 0. The van der Waals surface area contributed by atoms with E-state index in [1.807, 2.05) is 6.07 Å². The van der Waals surface area contributed by atoms with Crippen LogP contribution in [0.3, 0.4) is 0 Å². The summed E-state index contributed by atoms with van der Waals surface area (Å²) in [5.74, 6) is -0.0198. The van der Waals surface area contributed by atoms with Crippen LogP contribution in [0.4, 0.5) is 0 Å². The van der Waals surface area contributed by atoms with Gasteiger partial charge in [0.2, 0.25) is 0 Å². The van der Waals surface area contributed by atoms with Gasteiger partial charge in [-0.25, -0.2) is 0 Å². The molecule has 0 aromatic heterocycles. The van der Waals surface area contributed by atoms with Gasteiger partial charge in [0, 0.05) is 5.41 Å². The third-order valence-electron chi connectivity index (χ3n) is 3.79. The fraction of sp³-hybridized carbons (Fsp3) is 0.267. The quantitative estimate of drug-likeness (QED) is 0.645. The average Bonchev–Trinajstić information content (AvgIpc) is 2.50. The van der Waals surface area contributed by atoms with Crippen molar-refractivity contribution >= 4 is 10.8 Å². The maximum atomic E-state index is 9.38. The minimum atomic E-state index is -0.0715. The molecule has 0 N–H and O–H groups in total. The molecule has 1 aliphatic rings. The number of nitriles is 1. The Morgan fingerprint density at radius 1 is 1.12 bits per heavy atom. The molecule has 2 aromatic carbocycles. The Morgan fingerprint density at radius 3 is 2.50 bits per heavy atom. The second-order valence-electron chi connectivity index (χ2n) is 5.03. The fourth-order valence-corrected chi connectivity index (χ4v) is 2.92. The molecule has 0 unspecified atom stereocenters. The molecule has 1 nitrogen and oxygen atoms in total. The summed E-state index contributed by atoms with van der Waals surface area (Å²) in [5, 5.41) is 11.9. The molecule has 0 radical (unpaired) electrons. The first-order valence-electron chi connectivity index (χ1n) is 5.58. The lowest BCUT2D eigenvalue weighted by Gasteiger charge is -2.23. The first-order valence-corrected chi connectivity index (χ1v) is 5.58. The molecule has 0 aliphatic heterocycles. The van der Waals surface area contributed by atoms with Crippen molar-refractivity contribution in [2.45, 2.75) is 25.2 Å². The van der Waals surface area contributed by atoms with E-state index in [9.17, 15) is 5.26 Å². The highest BCUT2D eigenvalue weighted by Gasteiger charge is 2.40. The minimum absolute atomic E-state index is 0.0198. The smallest absolute Gasteiger partial charge is 0.0810 e.